The molecule has 0 aliphatic carbocycles. The quantitative estimate of drug-likeness (QED) is 0.0720. The van der Waals surface area contributed by atoms with E-state index in [2.05, 4.69) is 25.6 Å². The predicted molar refractivity (Wildman–Crippen MR) is 283 cm³/mol. The third-order valence-corrected chi connectivity index (χ3v) is 9.17. The summed E-state index contributed by atoms with van der Waals surface area (Å²) >= 11 is 0. The number of unbranched alkanes of at least 4 members (excludes halogenated alkanes) is 4. The van der Waals surface area contributed by atoms with Gasteiger partial charge in [0.25, 0.3) is 0 Å². The molecule has 1 aliphatic heterocycles. The van der Waals surface area contributed by atoms with E-state index in [1.165, 1.54) is 0 Å². The van der Waals surface area contributed by atoms with E-state index in [0.29, 0.717) is 51.0 Å². The number of nitrogens with zero attached hydrogens (tertiary/aromatic N) is 6. The van der Waals surface area contributed by atoms with Crippen LogP contribution < -0.4 is 10.6 Å². The fraction of sp³-hybridized carbons (Fsp3) is 0.717. The number of rotatable bonds is 15. The van der Waals surface area contributed by atoms with E-state index in [1.54, 1.807) is 109 Å². The molecule has 0 fully saturated rings. The molecule has 0 bridgehead atoms. The number of carbonyl (C=O) groups is 6. The zero-order valence-corrected chi connectivity index (χ0v) is 47.7. The monoisotopic (exact) mass is 1040 g/mol. The standard InChI is InChI=1S/C53H88N8O13/c1-48(2,3)69-42(62)56-40(57-43(63)70-49(4,5)6)55-30-22-20-19-21-23-32-60(46(66)73-52(13,14)15)41(58-44(64)71-50(7,8)9)61(47(67)74-53(16,17)18)34-25-35-68-36-37-26-28-38(29-27-37)39-54-31-24-33-59(39)45(65)72-51(10,11)12/h26-29H,19-25,30-36H2,1-18H3,(H2,55,56,57,62,63). The molecule has 0 unspecified atom stereocenters. The minimum atomic E-state index is -1.04. The molecule has 418 valence electrons. The van der Waals surface area contributed by atoms with Gasteiger partial charge in [0.15, 0.2) is 0 Å². The normalized spacial score (nSPS) is 13.7. The van der Waals surface area contributed by atoms with Crippen molar-refractivity contribution in [2.45, 2.75) is 210 Å². The van der Waals surface area contributed by atoms with Gasteiger partial charge in [-0.1, -0.05) is 43.5 Å². The van der Waals surface area contributed by atoms with Crippen LogP contribution >= 0.6 is 0 Å². The molecule has 0 saturated carbocycles. The van der Waals surface area contributed by atoms with Gasteiger partial charge in [-0.2, -0.15) is 0 Å². The van der Waals surface area contributed by atoms with Crippen LogP contribution in [0.15, 0.2) is 39.2 Å². The molecule has 0 atom stereocenters. The predicted octanol–water partition coefficient (Wildman–Crippen LogP) is 11.1. The summed E-state index contributed by atoms with van der Waals surface area (Å²) in [7, 11) is 0. The first-order chi connectivity index (χ1) is 33.9. The number of alkyl carbamates (subject to hydrolysis) is 2. The van der Waals surface area contributed by atoms with Gasteiger partial charge in [0, 0.05) is 44.9 Å². The number of benzene rings is 1. The lowest BCUT2D eigenvalue weighted by Crippen LogP contribution is -2.53. The Bertz CT molecular complexity index is 2080. The average molecular weight is 1050 g/mol. The second-order valence-corrected chi connectivity index (χ2v) is 23.7. The highest BCUT2D eigenvalue weighted by atomic mass is 16.6. The van der Waals surface area contributed by atoms with E-state index in [-0.39, 0.29) is 51.2 Å². The van der Waals surface area contributed by atoms with Gasteiger partial charge in [-0.15, -0.1) is 4.99 Å². The molecule has 74 heavy (non-hydrogen) atoms. The van der Waals surface area contributed by atoms with E-state index in [1.807, 2.05) is 45.0 Å². The maximum Gasteiger partial charge on any atom is 0.437 e. The van der Waals surface area contributed by atoms with Gasteiger partial charge >= 0.3 is 36.6 Å². The Hall–Kier alpha value is -5.99. The Morgan fingerprint density at radius 2 is 1.04 bits per heavy atom. The zero-order valence-electron chi connectivity index (χ0n) is 47.7. The highest BCUT2D eigenvalue weighted by Crippen LogP contribution is 2.21. The highest BCUT2D eigenvalue weighted by Gasteiger charge is 2.36. The molecule has 21 heteroatoms. The Balaban J connectivity index is 2.32. The maximum absolute atomic E-state index is 14.2. The van der Waals surface area contributed by atoms with Gasteiger partial charge in [-0.25, -0.2) is 38.6 Å². The minimum Gasteiger partial charge on any atom is -0.444 e. The molecule has 1 aliphatic rings. The Morgan fingerprint density at radius 1 is 0.581 bits per heavy atom. The van der Waals surface area contributed by atoms with Crippen LogP contribution in [0.25, 0.3) is 0 Å². The number of hydrogen-bond donors (Lipinski definition) is 2. The van der Waals surface area contributed by atoms with E-state index >= 15 is 0 Å². The van der Waals surface area contributed by atoms with Crippen LogP contribution in [-0.4, -0.2) is 142 Å². The molecule has 2 rings (SSSR count). The molecule has 0 aromatic heterocycles. The minimum absolute atomic E-state index is 0.00773. The van der Waals surface area contributed by atoms with Crippen LogP contribution in [0.1, 0.15) is 181 Å². The first kappa shape index (κ1) is 64.1. The third-order valence-electron chi connectivity index (χ3n) is 9.17. The lowest BCUT2D eigenvalue weighted by molar-refractivity contribution is 0.0256. The zero-order chi connectivity index (χ0) is 56.3. The second kappa shape index (κ2) is 28.1. The number of ether oxygens (including phenoxy) is 7. The lowest BCUT2D eigenvalue weighted by Gasteiger charge is -2.34. The van der Waals surface area contributed by atoms with Crippen molar-refractivity contribution in [3.8, 4) is 0 Å². The van der Waals surface area contributed by atoms with Gasteiger partial charge < -0.3 is 33.2 Å². The summed E-state index contributed by atoms with van der Waals surface area (Å²) in [5, 5.41) is 4.95. The number of nitrogens with one attached hydrogen (secondary N) is 2. The highest BCUT2D eigenvalue weighted by molar-refractivity contribution is 6.07. The molecule has 0 saturated heterocycles. The first-order valence-electron chi connectivity index (χ1n) is 25.5. The number of amidine groups is 1. The smallest absolute Gasteiger partial charge is 0.437 e. The van der Waals surface area contributed by atoms with E-state index in [9.17, 15) is 28.8 Å². The summed E-state index contributed by atoms with van der Waals surface area (Å²) in [4.78, 5) is 97.0. The van der Waals surface area contributed by atoms with E-state index in [0.717, 1.165) is 27.3 Å². The van der Waals surface area contributed by atoms with Crippen molar-refractivity contribution in [3.63, 3.8) is 0 Å². The van der Waals surface area contributed by atoms with Crippen molar-refractivity contribution < 1.29 is 61.9 Å². The topological polar surface area (TPSA) is 238 Å². The third kappa shape index (κ3) is 27.9. The van der Waals surface area contributed by atoms with Crippen molar-refractivity contribution in [2.75, 3.05) is 39.3 Å². The Kier molecular flexibility index (Phi) is 24.3. The van der Waals surface area contributed by atoms with Crippen molar-refractivity contribution >= 4 is 54.3 Å². The summed E-state index contributed by atoms with van der Waals surface area (Å²) in [6.45, 7) is 32.6. The summed E-state index contributed by atoms with van der Waals surface area (Å²) in [5.74, 6) is 0.0932. The summed E-state index contributed by atoms with van der Waals surface area (Å²) in [5.41, 5.74) is -3.51. The van der Waals surface area contributed by atoms with Crippen molar-refractivity contribution in [3.05, 3.63) is 35.4 Å². The Morgan fingerprint density at radius 3 is 1.53 bits per heavy atom. The molecule has 1 aromatic rings. The second-order valence-electron chi connectivity index (χ2n) is 23.7. The van der Waals surface area contributed by atoms with Gasteiger partial charge in [0.05, 0.1) is 6.61 Å². The number of guanidine groups is 2. The first-order valence-corrected chi connectivity index (χ1v) is 25.5. The van der Waals surface area contributed by atoms with Crippen molar-refractivity contribution in [1.82, 2.24) is 25.3 Å². The number of aliphatic imine (C=N–C) groups is 3. The largest absolute Gasteiger partial charge is 0.444 e. The van der Waals surface area contributed by atoms with Crippen LogP contribution in [0, 0.1) is 0 Å². The summed E-state index contributed by atoms with van der Waals surface area (Å²) in [6.07, 6.45) is -0.903. The van der Waals surface area contributed by atoms with Crippen molar-refractivity contribution in [2.24, 2.45) is 15.0 Å². The fourth-order valence-corrected chi connectivity index (χ4v) is 6.44. The van der Waals surface area contributed by atoms with E-state index in [4.69, 9.17) is 33.2 Å². The van der Waals surface area contributed by atoms with Crippen molar-refractivity contribution in [1.29, 1.82) is 0 Å². The van der Waals surface area contributed by atoms with Gasteiger partial charge in [-0.3, -0.25) is 25.5 Å². The van der Waals surface area contributed by atoms with Gasteiger partial charge in [0.2, 0.25) is 11.9 Å². The molecule has 0 radical (unpaired) electrons. The molecule has 0 spiro atoms. The number of hydrogen-bond acceptors (Lipinski definition) is 15. The van der Waals surface area contributed by atoms with Crippen LogP contribution in [-0.2, 0) is 39.8 Å². The lowest BCUT2D eigenvalue weighted by atomic mass is 10.1. The molecule has 2 N–H and O–H groups in total. The number of amides is 6. The van der Waals surface area contributed by atoms with Gasteiger partial charge in [-0.05, 0) is 156 Å². The van der Waals surface area contributed by atoms with Crippen LogP contribution in [0.2, 0.25) is 0 Å². The fourth-order valence-electron chi connectivity index (χ4n) is 6.44. The summed E-state index contributed by atoms with van der Waals surface area (Å²) < 4.78 is 39.6. The number of carbonyl (C=O) groups excluding carboxylic acids is 6. The molecule has 1 aromatic carbocycles. The van der Waals surface area contributed by atoms with E-state index < -0.39 is 70.2 Å². The van der Waals surface area contributed by atoms with Crippen LogP contribution in [0.5, 0.6) is 0 Å². The summed E-state index contributed by atoms with van der Waals surface area (Å²) in [6, 6.07) is 7.53. The van der Waals surface area contributed by atoms with Crippen LogP contribution in [0.3, 0.4) is 0 Å². The molecule has 21 nitrogen and oxygen atoms in total. The van der Waals surface area contributed by atoms with Gasteiger partial charge in [0.1, 0.15) is 39.4 Å². The molecular formula is C53H88N8O13. The average Bonchev–Trinajstić information content (AvgIpc) is 3.20. The molecular weight excluding hydrogens is 957 g/mol. The molecule has 1 heterocycles. The Labute approximate surface area is 439 Å². The SMILES string of the molecule is CC(C)(C)OC(=O)N=C(N(CCCCCCCN=C(NC(=O)OC(C)(C)C)NC(=O)OC(C)(C)C)C(=O)OC(C)(C)C)N(CCCOCc1ccc(C2=NCCCN2C(=O)OC(C)(C)C)cc1)C(=O)OC(C)(C)C. The molecule has 6 amide bonds. The maximum atomic E-state index is 14.2. The van der Waals surface area contributed by atoms with Crippen LogP contribution in [0.4, 0.5) is 28.8 Å².